The summed E-state index contributed by atoms with van der Waals surface area (Å²) >= 11 is 1.67. The quantitative estimate of drug-likeness (QED) is 0.304. The Hall–Kier alpha value is -3.61. The van der Waals surface area contributed by atoms with E-state index in [1.807, 2.05) is 30.3 Å². The van der Waals surface area contributed by atoms with Crippen LogP contribution in [0.3, 0.4) is 0 Å². The molecular weight excluding hydrogens is 428 g/mol. The first kappa shape index (κ1) is 21.2. The van der Waals surface area contributed by atoms with Crippen LogP contribution in [0.5, 0.6) is 0 Å². The van der Waals surface area contributed by atoms with Crippen LogP contribution in [0.25, 0.3) is 43.3 Å². The zero-order valence-corrected chi connectivity index (χ0v) is 19.1. The molecule has 0 amide bonds. The van der Waals surface area contributed by atoms with Gasteiger partial charge in [-0.05, 0) is 36.6 Å². The molecule has 5 rings (SSSR count). The largest absolute Gasteiger partial charge is 0.396 e. The normalized spacial score (nSPS) is 12.1. The van der Waals surface area contributed by atoms with E-state index >= 15 is 0 Å². The number of fused-ring (bicyclic) bond motifs is 1. The van der Waals surface area contributed by atoms with Gasteiger partial charge in [-0.2, -0.15) is 0 Å². The van der Waals surface area contributed by atoms with Gasteiger partial charge in [-0.1, -0.05) is 66.7 Å². The van der Waals surface area contributed by atoms with Crippen LogP contribution in [0, 0.1) is 0 Å². The van der Waals surface area contributed by atoms with Crippen LogP contribution in [0.15, 0.2) is 85.1 Å². The van der Waals surface area contributed by atoms with Crippen LogP contribution in [0.4, 0.5) is 5.82 Å². The van der Waals surface area contributed by atoms with Crippen molar-refractivity contribution in [3.05, 3.63) is 85.1 Å². The Morgan fingerprint density at radius 1 is 0.879 bits per heavy atom. The lowest BCUT2D eigenvalue weighted by Gasteiger charge is -2.16. The predicted molar refractivity (Wildman–Crippen MR) is 136 cm³/mol. The molecule has 5 nitrogen and oxygen atoms in total. The zero-order chi connectivity index (χ0) is 22.6. The molecule has 1 unspecified atom stereocenters. The van der Waals surface area contributed by atoms with Crippen LogP contribution in [-0.2, 0) is 0 Å². The molecule has 1 atom stereocenters. The van der Waals surface area contributed by atoms with E-state index in [0.29, 0.717) is 12.2 Å². The third kappa shape index (κ3) is 4.35. The minimum Gasteiger partial charge on any atom is -0.396 e. The van der Waals surface area contributed by atoms with Crippen LogP contribution < -0.4 is 5.32 Å². The molecule has 33 heavy (non-hydrogen) atoms. The van der Waals surface area contributed by atoms with Gasteiger partial charge in [0, 0.05) is 29.3 Å². The molecule has 3 heterocycles. The second-order valence-corrected chi connectivity index (χ2v) is 8.89. The molecule has 0 saturated carbocycles. The van der Waals surface area contributed by atoms with Crippen molar-refractivity contribution in [2.45, 2.75) is 19.4 Å². The number of aliphatic hydroxyl groups excluding tert-OH is 1. The lowest BCUT2D eigenvalue weighted by Crippen LogP contribution is -2.18. The highest BCUT2D eigenvalue weighted by Gasteiger charge is 2.22. The smallest absolute Gasteiger partial charge is 0.181 e. The summed E-state index contributed by atoms with van der Waals surface area (Å²) in [5, 5.41) is 14.0. The molecule has 0 bridgehead atoms. The van der Waals surface area contributed by atoms with Gasteiger partial charge in [0.15, 0.2) is 5.82 Å². The maximum Gasteiger partial charge on any atom is 0.181 e. The molecule has 2 N–H and O–H groups in total. The minimum atomic E-state index is 0.0494. The second-order valence-electron chi connectivity index (χ2n) is 7.89. The van der Waals surface area contributed by atoms with Gasteiger partial charge < -0.3 is 10.4 Å². The molecule has 3 aromatic heterocycles. The summed E-state index contributed by atoms with van der Waals surface area (Å²) in [6.07, 6.45) is 2.38. The summed E-state index contributed by atoms with van der Waals surface area (Å²) < 4.78 is 0. The first-order valence-corrected chi connectivity index (χ1v) is 11.8. The van der Waals surface area contributed by atoms with Gasteiger partial charge in [0.05, 0.1) is 5.39 Å². The van der Waals surface area contributed by atoms with Crippen LogP contribution in [0.1, 0.15) is 13.3 Å². The number of benzene rings is 2. The van der Waals surface area contributed by atoms with Gasteiger partial charge in [-0.25, -0.2) is 9.97 Å². The summed E-state index contributed by atoms with van der Waals surface area (Å²) in [5.41, 5.74) is 4.11. The van der Waals surface area contributed by atoms with E-state index in [4.69, 9.17) is 9.97 Å². The van der Waals surface area contributed by atoms with E-state index in [9.17, 15) is 5.11 Å². The van der Waals surface area contributed by atoms with Crippen molar-refractivity contribution in [2.75, 3.05) is 11.9 Å². The topological polar surface area (TPSA) is 70.9 Å². The molecule has 0 aliphatic heterocycles. The molecular formula is C27H24N4OS. The second kappa shape index (κ2) is 9.48. The number of anilines is 1. The summed E-state index contributed by atoms with van der Waals surface area (Å²) in [7, 11) is 0. The fraction of sp³-hybridized carbons (Fsp3) is 0.148. The fourth-order valence-corrected chi connectivity index (χ4v) is 5.09. The minimum absolute atomic E-state index is 0.0494. The fourth-order valence-electron chi connectivity index (χ4n) is 3.89. The first-order chi connectivity index (χ1) is 16.2. The molecule has 0 radical (unpaired) electrons. The first-order valence-electron chi connectivity index (χ1n) is 11.0. The Morgan fingerprint density at radius 3 is 2.24 bits per heavy atom. The SMILES string of the molecule is CC(CCO)Nc1nc(-c2ccccn2)nc2sc(-c3ccccc3)c(-c3ccccc3)c12. The van der Waals surface area contributed by atoms with Gasteiger partial charge in [0.25, 0.3) is 0 Å². The lowest BCUT2D eigenvalue weighted by atomic mass is 9.99. The molecule has 0 aliphatic rings. The number of rotatable bonds is 7. The van der Waals surface area contributed by atoms with Crippen LogP contribution in [-0.4, -0.2) is 32.7 Å². The number of nitrogens with one attached hydrogen (secondary N) is 1. The Morgan fingerprint density at radius 2 is 1.58 bits per heavy atom. The zero-order valence-electron chi connectivity index (χ0n) is 18.3. The Bertz CT molecular complexity index is 1360. The van der Waals surface area contributed by atoms with Crippen molar-refractivity contribution in [1.82, 2.24) is 15.0 Å². The monoisotopic (exact) mass is 452 g/mol. The Labute approximate surface area is 196 Å². The van der Waals surface area contributed by atoms with Gasteiger partial charge >= 0.3 is 0 Å². The van der Waals surface area contributed by atoms with E-state index in [1.165, 1.54) is 0 Å². The van der Waals surface area contributed by atoms with Crippen molar-refractivity contribution in [3.8, 4) is 33.1 Å². The highest BCUT2D eigenvalue weighted by Crippen LogP contribution is 2.46. The average Bonchev–Trinajstić information content (AvgIpc) is 3.26. The average molecular weight is 453 g/mol. The van der Waals surface area contributed by atoms with E-state index in [-0.39, 0.29) is 12.6 Å². The van der Waals surface area contributed by atoms with E-state index in [1.54, 1.807) is 17.5 Å². The molecule has 2 aromatic carbocycles. The van der Waals surface area contributed by atoms with Crippen molar-refractivity contribution >= 4 is 27.4 Å². The number of hydrogen-bond donors (Lipinski definition) is 2. The highest BCUT2D eigenvalue weighted by molar-refractivity contribution is 7.22. The predicted octanol–water partition coefficient (Wildman–Crippen LogP) is 6.27. The third-order valence-corrected chi connectivity index (χ3v) is 6.62. The van der Waals surface area contributed by atoms with Crippen molar-refractivity contribution in [1.29, 1.82) is 0 Å². The molecule has 6 heteroatoms. The molecule has 5 aromatic rings. The summed E-state index contributed by atoms with van der Waals surface area (Å²) in [5.74, 6) is 1.35. The standard InChI is InChI=1S/C27H24N4OS/c1-18(15-17-32)29-26-23-22(19-10-4-2-5-11-19)24(20-12-6-3-7-13-20)33-27(23)31-25(30-26)21-14-8-9-16-28-21/h2-14,16,18,32H,15,17H2,1H3,(H,29,30,31). The third-order valence-electron chi connectivity index (χ3n) is 5.49. The number of thiophene rings is 1. The van der Waals surface area contributed by atoms with E-state index in [2.05, 4.69) is 65.8 Å². The van der Waals surface area contributed by atoms with Gasteiger partial charge in [0.2, 0.25) is 0 Å². The summed E-state index contributed by atoms with van der Waals surface area (Å²) in [6, 6.07) is 26.6. The molecule has 0 saturated heterocycles. The summed E-state index contributed by atoms with van der Waals surface area (Å²) in [6.45, 7) is 2.16. The number of pyridine rings is 1. The number of nitrogens with zero attached hydrogens (tertiary/aromatic N) is 3. The number of hydrogen-bond acceptors (Lipinski definition) is 6. The molecule has 0 spiro atoms. The number of aromatic nitrogens is 3. The van der Waals surface area contributed by atoms with Crippen molar-refractivity contribution in [2.24, 2.45) is 0 Å². The van der Waals surface area contributed by atoms with Crippen molar-refractivity contribution in [3.63, 3.8) is 0 Å². The van der Waals surface area contributed by atoms with Gasteiger partial charge in [-0.15, -0.1) is 11.3 Å². The van der Waals surface area contributed by atoms with E-state index < -0.39 is 0 Å². The van der Waals surface area contributed by atoms with Gasteiger partial charge in [0.1, 0.15) is 16.3 Å². The molecule has 0 fully saturated rings. The van der Waals surface area contributed by atoms with Crippen LogP contribution in [0.2, 0.25) is 0 Å². The van der Waals surface area contributed by atoms with E-state index in [0.717, 1.165) is 43.3 Å². The number of aliphatic hydroxyl groups is 1. The molecule has 0 aliphatic carbocycles. The van der Waals surface area contributed by atoms with Crippen LogP contribution >= 0.6 is 11.3 Å². The Balaban J connectivity index is 1.81. The maximum absolute atomic E-state index is 9.47. The Kier molecular flexibility index (Phi) is 6.11. The lowest BCUT2D eigenvalue weighted by molar-refractivity contribution is 0.282. The summed E-state index contributed by atoms with van der Waals surface area (Å²) in [4.78, 5) is 16.4. The highest BCUT2D eigenvalue weighted by atomic mass is 32.1. The molecule has 164 valence electrons. The van der Waals surface area contributed by atoms with Gasteiger partial charge in [-0.3, -0.25) is 4.98 Å². The van der Waals surface area contributed by atoms with Crippen molar-refractivity contribution < 1.29 is 5.11 Å². The maximum atomic E-state index is 9.47.